The Morgan fingerprint density at radius 3 is 2.78 bits per heavy atom. The number of aliphatic carboxylic acids is 1. The van der Waals surface area contributed by atoms with E-state index in [1.165, 1.54) is 5.56 Å². The summed E-state index contributed by atoms with van der Waals surface area (Å²) in [5, 5.41) is 8.81. The molecule has 98 valence electrons. The van der Waals surface area contributed by atoms with Crippen LogP contribution < -0.4 is 0 Å². The van der Waals surface area contributed by atoms with E-state index in [-0.39, 0.29) is 12.6 Å². The summed E-state index contributed by atoms with van der Waals surface area (Å²) >= 11 is 0. The molecule has 1 fully saturated rings. The SMILES string of the molecule is CCc1ccc(C2CN(CC(=O)O)CCO2)cc1. The molecule has 1 heterocycles. The second kappa shape index (κ2) is 5.98. The maximum absolute atomic E-state index is 10.7. The van der Waals surface area contributed by atoms with Crippen molar-refractivity contribution in [2.75, 3.05) is 26.2 Å². The molecule has 1 atom stereocenters. The smallest absolute Gasteiger partial charge is 0.317 e. The predicted octanol–water partition coefficient (Wildman–Crippen LogP) is 1.71. The molecule has 4 heteroatoms. The minimum absolute atomic E-state index is 0.0102. The van der Waals surface area contributed by atoms with Crippen molar-refractivity contribution in [2.24, 2.45) is 0 Å². The standard InChI is InChI=1S/C14H19NO3/c1-2-11-3-5-12(6-4-11)13-9-15(7-8-18-13)10-14(16)17/h3-6,13H,2,7-10H2,1H3,(H,16,17). The summed E-state index contributed by atoms with van der Waals surface area (Å²) in [4.78, 5) is 12.6. The number of hydrogen-bond donors (Lipinski definition) is 1. The lowest BCUT2D eigenvalue weighted by Crippen LogP contribution is -2.41. The van der Waals surface area contributed by atoms with E-state index in [1.54, 1.807) is 0 Å². The van der Waals surface area contributed by atoms with Gasteiger partial charge in [0.25, 0.3) is 0 Å². The summed E-state index contributed by atoms with van der Waals surface area (Å²) in [6.07, 6.45) is 1.01. The number of ether oxygens (including phenoxy) is 1. The van der Waals surface area contributed by atoms with Crippen LogP contribution >= 0.6 is 0 Å². The van der Waals surface area contributed by atoms with Crippen LogP contribution in [0, 0.1) is 0 Å². The van der Waals surface area contributed by atoms with Gasteiger partial charge in [-0.3, -0.25) is 9.69 Å². The summed E-state index contributed by atoms with van der Waals surface area (Å²) in [6, 6.07) is 8.37. The van der Waals surface area contributed by atoms with E-state index >= 15 is 0 Å². The number of rotatable bonds is 4. The summed E-state index contributed by atoms with van der Waals surface area (Å²) in [5.74, 6) is -0.781. The molecule has 0 amide bonds. The Kier molecular flexibility index (Phi) is 4.33. The molecule has 0 bridgehead atoms. The average molecular weight is 249 g/mol. The molecule has 1 aromatic carbocycles. The third-order valence-corrected chi connectivity index (χ3v) is 3.27. The highest BCUT2D eigenvalue weighted by atomic mass is 16.5. The van der Waals surface area contributed by atoms with Crippen molar-refractivity contribution in [3.8, 4) is 0 Å². The van der Waals surface area contributed by atoms with Gasteiger partial charge >= 0.3 is 5.97 Å². The van der Waals surface area contributed by atoms with Gasteiger partial charge in [0.15, 0.2) is 0 Å². The maximum atomic E-state index is 10.7. The summed E-state index contributed by atoms with van der Waals surface area (Å²) in [7, 11) is 0. The zero-order chi connectivity index (χ0) is 13.0. The monoisotopic (exact) mass is 249 g/mol. The number of hydrogen-bond acceptors (Lipinski definition) is 3. The molecule has 1 aliphatic rings. The zero-order valence-electron chi connectivity index (χ0n) is 10.6. The maximum Gasteiger partial charge on any atom is 0.317 e. The molecule has 1 aromatic rings. The molecule has 0 spiro atoms. The van der Waals surface area contributed by atoms with Crippen LogP contribution in [-0.4, -0.2) is 42.2 Å². The summed E-state index contributed by atoms with van der Waals surface area (Å²) in [6.45, 7) is 4.15. The van der Waals surface area contributed by atoms with Gasteiger partial charge < -0.3 is 9.84 Å². The van der Waals surface area contributed by atoms with Crippen LogP contribution in [0.2, 0.25) is 0 Å². The molecule has 4 nitrogen and oxygen atoms in total. The second-order valence-electron chi connectivity index (χ2n) is 4.58. The number of morpholine rings is 1. The number of aryl methyl sites for hydroxylation is 1. The topological polar surface area (TPSA) is 49.8 Å². The van der Waals surface area contributed by atoms with Crippen molar-refractivity contribution in [3.05, 3.63) is 35.4 Å². The lowest BCUT2D eigenvalue weighted by atomic mass is 10.0. The van der Waals surface area contributed by atoms with Crippen LogP contribution in [0.3, 0.4) is 0 Å². The molecular formula is C14H19NO3. The van der Waals surface area contributed by atoms with E-state index in [4.69, 9.17) is 9.84 Å². The Morgan fingerprint density at radius 2 is 2.17 bits per heavy atom. The molecule has 1 N–H and O–H groups in total. The van der Waals surface area contributed by atoms with Crippen molar-refractivity contribution >= 4 is 5.97 Å². The quantitative estimate of drug-likeness (QED) is 0.882. The molecule has 0 aliphatic carbocycles. The molecule has 0 aromatic heterocycles. The van der Waals surface area contributed by atoms with E-state index in [1.807, 2.05) is 4.90 Å². The van der Waals surface area contributed by atoms with Crippen molar-refractivity contribution in [3.63, 3.8) is 0 Å². The van der Waals surface area contributed by atoms with Gasteiger partial charge in [0, 0.05) is 13.1 Å². The van der Waals surface area contributed by atoms with Gasteiger partial charge in [-0.15, -0.1) is 0 Å². The van der Waals surface area contributed by atoms with Crippen molar-refractivity contribution in [1.29, 1.82) is 0 Å². The molecule has 1 aliphatic heterocycles. The summed E-state index contributed by atoms with van der Waals surface area (Å²) in [5.41, 5.74) is 2.43. The van der Waals surface area contributed by atoms with Crippen LogP contribution in [0.25, 0.3) is 0 Å². The lowest BCUT2D eigenvalue weighted by molar-refractivity contribution is -0.140. The molecule has 18 heavy (non-hydrogen) atoms. The van der Waals surface area contributed by atoms with Crippen LogP contribution in [0.5, 0.6) is 0 Å². The molecular weight excluding hydrogens is 230 g/mol. The largest absolute Gasteiger partial charge is 0.480 e. The first-order valence-electron chi connectivity index (χ1n) is 6.33. The predicted molar refractivity (Wildman–Crippen MR) is 68.6 cm³/mol. The molecule has 1 unspecified atom stereocenters. The number of carboxylic acid groups (broad SMARTS) is 1. The Balaban J connectivity index is 2.01. The number of benzene rings is 1. The molecule has 0 saturated carbocycles. The van der Waals surface area contributed by atoms with Crippen LogP contribution in [0.4, 0.5) is 0 Å². The highest BCUT2D eigenvalue weighted by Gasteiger charge is 2.23. The molecule has 2 rings (SSSR count). The Labute approximate surface area is 107 Å². The zero-order valence-corrected chi connectivity index (χ0v) is 10.6. The van der Waals surface area contributed by atoms with Gasteiger partial charge in [-0.25, -0.2) is 0 Å². The van der Waals surface area contributed by atoms with Crippen molar-refractivity contribution in [2.45, 2.75) is 19.4 Å². The van der Waals surface area contributed by atoms with E-state index in [0.717, 1.165) is 12.0 Å². The number of carbonyl (C=O) groups is 1. The van der Waals surface area contributed by atoms with Crippen molar-refractivity contribution < 1.29 is 14.6 Å². The van der Waals surface area contributed by atoms with Gasteiger partial charge in [-0.1, -0.05) is 31.2 Å². The first-order valence-corrected chi connectivity index (χ1v) is 6.33. The third-order valence-electron chi connectivity index (χ3n) is 3.27. The first-order chi connectivity index (χ1) is 8.69. The Morgan fingerprint density at radius 1 is 1.44 bits per heavy atom. The van der Waals surface area contributed by atoms with Gasteiger partial charge in [0.1, 0.15) is 0 Å². The molecule has 1 saturated heterocycles. The Bertz CT molecular complexity index is 402. The normalized spacial score (nSPS) is 20.8. The van der Waals surface area contributed by atoms with Crippen LogP contribution in [0.15, 0.2) is 24.3 Å². The van der Waals surface area contributed by atoms with Crippen molar-refractivity contribution in [1.82, 2.24) is 4.90 Å². The average Bonchev–Trinajstić information content (AvgIpc) is 2.38. The molecule has 0 radical (unpaired) electrons. The third kappa shape index (κ3) is 3.31. The number of nitrogens with zero attached hydrogens (tertiary/aromatic N) is 1. The van der Waals surface area contributed by atoms with Gasteiger partial charge in [-0.05, 0) is 17.5 Å². The Hall–Kier alpha value is -1.39. The highest BCUT2D eigenvalue weighted by Crippen LogP contribution is 2.22. The number of carboxylic acids is 1. The lowest BCUT2D eigenvalue weighted by Gasteiger charge is -2.32. The highest BCUT2D eigenvalue weighted by molar-refractivity contribution is 5.69. The van der Waals surface area contributed by atoms with Gasteiger partial charge in [-0.2, -0.15) is 0 Å². The second-order valence-corrected chi connectivity index (χ2v) is 4.58. The first kappa shape index (κ1) is 13.1. The fourth-order valence-corrected chi connectivity index (χ4v) is 2.21. The van der Waals surface area contributed by atoms with Gasteiger partial charge in [0.05, 0.1) is 19.3 Å². The van der Waals surface area contributed by atoms with Crippen LogP contribution in [0.1, 0.15) is 24.2 Å². The summed E-state index contributed by atoms with van der Waals surface area (Å²) < 4.78 is 5.71. The van der Waals surface area contributed by atoms with Crippen LogP contribution in [-0.2, 0) is 16.0 Å². The van der Waals surface area contributed by atoms with E-state index in [0.29, 0.717) is 19.7 Å². The van der Waals surface area contributed by atoms with E-state index < -0.39 is 5.97 Å². The minimum Gasteiger partial charge on any atom is -0.480 e. The minimum atomic E-state index is -0.781. The van der Waals surface area contributed by atoms with Gasteiger partial charge in [0.2, 0.25) is 0 Å². The van der Waals surface area contributed by atoms with E-state index in [9.17, 15) is 4.79 Å². The van der Waals surface area contributed by atoms with E-state index in [2.05, 4.69) is 31.2 Å². The fraction of sp³-hybridized carbons (Fsp3) is 0.500. The fourth-order valence-electron chi connectivity index (χ4n) is 2.21.